The van der Waals surface area contributed by atoms with E-state index in [9.17, 15) is 10.2 Å². The van der Waals surface area contributed by atoms with E-state index < -0.39 is 8.07 Å². The summed E-state index contributed by atoms with van der Waals surface area (Å²) in [5, 5.41) is 48.6. The topological polar surface area (TPSA) is 187 Å². The van der Waals surface area contributed by atoms with E-state index in [0.29, 0.717) is 28.7 Å². The number of halogens is 2. The average molecular weight is 994 g/mol. The quantitative estimate of drug-likeness (QED) is 0.0484. The van der Waals surface area contributed by atoms with Gasteiger partial charge in [-0.05, 0) is 91.4 Å². The van der Waals surface area contributed by atoms with Gasteiger partial charge in [0.2, 0.25) is 11.9 Å². The van der Waals surface area contributed by atoms with Gasteiger partial charge in [-0.2, -0.15) is 20.2 Å². The maximum absolute atomic E-state index is 10.3. The van der Waals surface area contributed by atoms with Crippen molar-refractivity contribution in [3.63, 3.8) is 0 Å². The highest BCUT2D eigenvalue weighted by molar-refractivity contribution is 6.76. The number of fused-ring (bicyclic) bond motifs is 2. The Morgan fingerprint density at radius 1 is 0.696 bits per heavy atom. The third-order valence-electron chi connectivity index (χ3n) is 13.2. The first-order chi connectivity index (χ1) is 32.9. The molecule has 2 saturated heterocycles. The number of aromatic amines is 1. The molecular formula is C49H62Cl2N14O3Si. The average Bonchev–Trinajstić information content (AvgIpc) is 4.19. The molecule has 2 fully saturated rings. The second-order valence-electron chi connectivity index (χ2n) is 18.9. The van der Waals surface area contributed by atoms with Crippen molar-refractivity contribution in [2.45, 2.75) is 76.4 Å². The van der Waals surface area contributed by atoms with Crippen molar-refractivity contribution in [2.24, 2.45) is 0 Å². The van der Waals surface area contributed by atoms with Crippen LogP contribution >= 0.6 is 23.2 Å². The molecule has 0 amide bonds. The van der Waals surface area contributed by atoms with E-state index in [-0.39, 0.29) is 31.5 Å². The molecule has 0 aliphatic carbocycles. The number of benzene rings is 2. The molecule has 10 rings (SSSR count). The normalized spacial score (nSPS) is 15.7. The zero-order valence-electron chi connectivity index (χ0n) is 38.6. The zero-order valence-corrected chi connectivity index (χ0v) is 41.1. The zero-order chi connectivity index (χ0) is 47.3. The number of anilines is 6. The third kappa shape index (κ3) is 11.4. The lowest BCUT2D eigenvalue weighted by Gasteiger charge is -2.42. The van der Waals surface area contributed by atoms with E-state index in [1.54, 1.807) is 32.3 Å². The number of aliphatic hydroxyl groups is 2. The maximum Gasteiger partial charge on any atom is 0.247 e. The predicted molar refractivity (Wildman–Crippen MR) is 278 cm³/mol. The molecule has 0 atom stereocenters. The largest absolute Gasteiger partial charge is 0.395 e. The highest BCUT2D eigenvalue weighted by Crippen LogP contribution is 2.39. The van der Waals surface area contributed by atoms with Gasteiger partial charge in [-0.15, -0.1) is 10.2 Å². The minimum atomic E-state index is -1.11. The Kier molecular flexibility index (Phi) is 15.3. The molecule has 2 aliphatic heterocycles. The fourth-order valence-electron chi connectivity index (χ4n) is 9.03. The number of H-pyrrole nitrogens is 1. The van der Waals surface area contributed by atoms with Crippen molar-refractivity contribution in [1.82, 2.24) is 49.2 Å². The first-order valence-corrected chi connectivity index (χ1v) is 27.5. The molecule has 0 bridgehead atoms. The Balaban J connectivity index is 0.000000188. The second-order valence-corrected chi connectivity index (χ2v) is 25.4. The minimum absolute atomic E-state index is 0. The van der Waals surface area contributed by atoms with Crippen molar-refractivity contribution in [3.8, 4) is 0 Å². The van der Waals surface area contributed by atoms with Gasteiger partial charge in [0.05, 0.1) is 54.6 Å². The van der Waals surface area contributed by atoms with Crippen LogP contribution in [0.2, 0.25) is 35.7 Å². The van der Waals surface area contributed by atoms with Crippen LogP contribution in [-0.2, 0) is 22.3 Å². The Hall–Kier alpha value is -6.02. The third-order valence-corrected chi connectivity index (χ3v) is 15.4. The molecule has 2 aliphatic rings. The maximum atomic E-state index is 10.3. The van der Waals surface area contributed by atoms with Crippen molar-refractivity contribution in [3.05, 3.63) is 131 Å². The second kappa shape index (κ2) is 21.3. The highest BCUT2D eigenvalue weighted by atomic mass is 35.5. The fraction of sp³-hybridized carbons (Fsp3) is 0.388. The van der Waals surface area contributed by atoms with Gasteiger partial charge in [0, 0.05) is 80.3 Å². The number of hydrogen-bond donors (Lipinski definition) is 5. The van der Waals surface area contributed by atoms with Gasteiger partial charge >= 0.3 is 0 Å². The fourth-order valence-corrected chi connectivity index (χ4v) is 10.0. The summed E-state index contributed by atoms with van der Waals surface area (Å²) in [4.78, 5) is 14.1. The van der Waals surface area contributed by atoms with Crippen molar-refractivity contribution in [2.75, 3.05) is 66.4 Å². The Morgan fingerprint density at radius 3 is 1.64 bits per heavy atom. The highest BCUT2D eigenvalue weighted by Gasteiger charge is 2.38. The Morgan fingerprint density at radius 2 is 1.19 bits per heavy atom. The lowest BCUT2D eigenvalue weighted by molar-refractivity contribution is 0.0786. The summed E-state index contributed by atoms with van der Waals surface area (Å²) in [7, 11) is -1.11. The van der Waals surface area contributed by atoms with Crippen molar-refractivity contribution in [1.29, 1.82) is 0 Å². The van der Waals surface area contributed by atoms with E-state index >= 15 is 0 Å². The molecule has 17 nitrogen and oxygen atoms in total. The van der Waals surface area contributed by atoms with E-state index in [0.717, 1.165) is 110 Å². The van der Waals surface area contributed by atoms with Crippen LogP contribution in [-0.4, -0.2) is 113 Å². The molecular weight excluding hydrogens is 932 g/mol. The lowest BCUT2D eigenvalue weighted by Crippen LogP contribution is -2.45. The predicted octanol–water partition coefficient (Wildman–Crippen LogP) is 9.18. The molecule has 69 heavy (non-hydrogen) atoms. The van der Waals surface area contributed by atoms with Crippen LogP contribution in [0, 0.1) is 0 Å². The van der Waals surface area contributed by atoms with Gasteiger partial charge in [0.1, 0.15) is 6.73 Å². The first kappa shape index (κ1) is 49.4. The molecule has 6 aromatic heterocycles. The summed E-state index contributed by atoms with van der Waals surface area (Å²) < 4.78 is 11.1. The van der Waals surface area contributed by atoms with Crippen LogP contribution in [0.4, 0.5) is 34.6 Å². The van der Waals surface area contributed by atoms with Gasteiger partial charge in [0.25, 0.3) is 0 Å². The number of aliphatic hydroxyl groups excluding tert-OH is 2. The first-order valence-electron chi connectivity index (χ1n) is 23.0. The van der Waals surface area contributed by atoms with Crippen LogP contribution in [0.3, 0.4) is 0 Å². The smallest absolute Gasteiger partial charge is 0.247 e. The number of piperidine rings is 2. The minimum Gasteiger partial charge on any atom is -0.395 e. The molecule has 0 saturated carbocycles. The Labute approximate surface area is 413 Å². The van der Waals surface area contributed by atoms with Crippen LogP contribution in [0.1, 0.15) is 44.2 Å². The summed E-state index contributed by atoms with van der Waals surface area (Å²) in [5.41, 5.74) is 7.05. The van der Waals surface area contributed by atoms with Crippen LogP contribution in [0.15, 0.2) is 110 Å². The SMILES string of the molecule is C.C[Si](C)(C)CCOCn1cc(Nc2nc3c(N4CCC(CO)(c5ccc(Cl)cc5)CC4)cccn3n2)cn1.OCC1(c2ccc(Cl)cc2)CCN(c2cccn3nc(Nc4cn[nH]c4)nc23)CC1. The van der Waals surface area contributed by atoms with Crippen LogP contribution in [0.5, 0.6) is 0 Å². The van der Waals surface area contributed by atoms with E-state index in [2.05, 4.69) is 82.7 Å². The van der Waals surface area contributed by atoms with Gasteiger partial charge in [-0.25, -0.2) is 13.7 Å². The standard InChI is InChI=1S/C27H36ClN7O2Si.C21H22ClN7O.CH4/c1-38(2,3)16-15-37-20-34-18-23(17-29-34)30-26-31-25-24(5-4-12-35(25)32-26)33-13-10-27(19-36,11-14-33)21-6-8-22(28)9-7-21;22-16-5-3-15(4-6-16)21(14-30)7-10-28(11-8-21)18-2-1-9-29-19(18)26-20(27-29)25-17-12-23-24-13-17;/h4-9,12,17-18,36H,10-11,13-16,19-20H2,1-3H3,(H,30,32);1-6,9,12-13,30H,7-8,10-11,14H2,(H,23,24)(H,25,27);1H4. The van der Waals surface area contributed by atoms with Gasteiger partial charge in [-0.1, -0.05) is 74.5 Å². The number of nitrogens with zero attached hydrogens (tertiary/aromatic N) is 11. The number of ether oxygens (including phenoxy) is 1. The number of pyridine rings is 2. The number of hydrogen-bond acceptors (Lipinski definition) is 13. The van der Waals surface area contributed by atoms with Crippen molar-refractivity contribution >= 4 is 77.2 Å². The Bertz CT molecular complexity index is 2880. The molecule has 0 spiro atoms. The van der Waals surface area contributed by atoms with Crippen molar-refractivity contribution < 1.29 is 14.9 Å². The summed E-state index contributed by atoms with van der Waals surface area (Å²) in [6, 6.07) is 25.0. The molecule has 0 unspecified atom stereocenters. The van der Waals surface area contributed by atoms with E-state index in [4.69, 9.17) is 32.9 Å². The van der Waals surface area contributed by atoms with E-state index in [1.165, 1.54) is 0 Å². The van der Waals surface area contributed by atoms with Gasteiger partial charge in [0.15, 0.2) is 11.3 Å². The van der Waals surface area contributed by atoms with E-state index in [1.807, 2.05) is 79.3 Å². The molecule has 5 N–H and O–H groups in total. The summed E-state index contributed by atoms with van der Waals surface area (Å²) in [5.74, 6) is 1.03. The summed E-state index contributed by atoms with van der Waals surface area (Å²) >= 11 is 12.1. The molecule has 20 heteroatoms. The van der Waals surface area contributed by atoms with Gasteiger partial charge in [-0.3, -0.25) is 5.10 Å². The summed E-state index contributed by atoms with van der Waals surface area (Å²) in [6.45, 7) is 11.7. The molecule has 0 radical (unpaired) electrons. The summed E-state index contributed by atoms with van der Waals surface area (Å²) in [6.07, 6.45) is 14.3. The molecule has 8 aromatic rings. The number of aromatic nitrogens is 10. The van der Waals surface area contributed by atoms with Crippen LogP contribution < -0.4 is 20.4 Å². The lowest BCUT2D eigenvalue weighted by atomic mass is 9.73. The molecule has 2 aromatic carbocycles. The molecule has 8 heterocycles. The number of nitrogens with one attached hydrogen (secondary N) is 3. The number of rotatable bonds is 15. The van der Waals surface area contributed by atoms with Crippen LogP contribution in [0.25, 0.3) is 11.3 Å². The monoisotopic (exact) mass is 992 g/mol. The van der Waals surface area contributed by atoms with Gasteiger partial charge < -0.3 is 35.4 Å². The molecule has 364 valence electrons.